The second-order valence-corrected chi connectivity index (χ2v) is 13.6. The monoisotopic (exact) mass is 722 g/mol. The lowest BCUT2D eigenvalue weighted by molar-refractivity contribution is -0.130. The van der Waals surface area contributed by atoms with Gasteiger partial charge in [0.05, 0.1) is 17.8 Å². The Kier molecular flexibility index (Phi) is 12.8. The molecule has 0 spiro atoms. The summed E-state index contributed by atoms with van der Waals surface area (Å²) in [6.07, 6.45) is 8.64. The molecule has 0 bridgehead atoms. The highest BCUT2D eigenvalue weighted by Gasteiger charge is 2.38. The van der Waals surface area contributed by atoms with Crippen molar-refractivity contribution in [3.8, 4) is 0 Å². The lowest BCUT2D eigenvalue weighted by Gasteiger charge is -2.41. The number of hydrogen-bond acceptors (Lipinski definition) is 6. The zero-order valence-electron chi connectivity index (χ0n) is 25.8. The topological polar surface area (TPSA) is 72.5 Å². The molecular weight excluding hydrogens is 673 g/mol. The van der Waals surface area contributed by atoms with E-state index in [-0.39, 0.29) is 43.6 Å². The number of carbonyl (C=O) groups excluding carboxylic acids is 1. The number of benzene rings is 1. The summed E-state index contributed by atoms with van der Waals surface area (Å²) in [7, 11) is 0. The molecule has 0 unspecified atom stereocenters. The van der Waals surface area contributed by atoms with Crippen LogP contribution in [0.1, 0.15) is 86.7 Å². The molecule has 1 saturated heterocycles. The van der Waals surface area contributed by atoms with Crippen molar-refractivity contribution in [2.75, 3.05) is 45.8 Å². The molecule has 1 amide bonds. The summed E-state index contributed by atoms with van der Waals surface area (Å²) in [6.45, 7) is 6.81. The van der Waals surface area contributed by atoms with Crippen molar-refractivity contribution in [2.45, 2.75) is 88.3 Å². The normalized spacial score (nSPS) is 23.3. The Morgan fingerprint density at radius 3 is 2.75 bits per heavy atom. The van der Waals surface area contributed by atoms with Crippen molar-refractivity contribution >= 4 is 28.8 Å². The number of nitrogens with zero attached hydrogens (tertiary/aromatic N) is 3. The lowest BCUT2D eigenvalue weighted by Crippen LogP contribution is -2.55. The van der Waals surface area contributed by atoms with Crippen molar-refractivity contribution in [3.05, 3.63) is 65.5 Å². The van der Waals surface area contributed by atoms with E-state index in [2.05, 4.69) is 71.1 Å². The van der Waals surface area contributed by atoms with Crippen LogP contribution in [0.3, 0.4) is 0 Å². The predicted octanol–water partition coefficient (Wildman–Crippen LogP) is 5.83. The standard InChI is InChI=1S/C34H49F2IN6O/c35-34(36)16-13-28(14-17-34)33(44)41-30(26-8-2-1-3-9-26)15-22-42-23-20-38-29(24-42)25-43(21-5-4-19-40-37)31-12-6-10-27-11-7-18-39-32(27)31/h1-3,7-9,11,18,28-31,38,40H,4-6,10,12-17,19-25H2,(H,41,44)/t29-,30+,31-/m0/s1. The van der Waals surface area contributed by atoms with Crippen LogP contribution >= 0.6 is 22.9 Å². The molecule has 10 heteroatoms. The van der Waals surface area contributed by atoms with Crippen LogP contribution < -0.4 is 14.2 Å². The Bertz CT molecular complexity index is 1160. The molecular formula is C34H49F2IN6O. The van der Waals surface area contributed by atoms with Crippen molar-refractivity contribution < 1.29 is 13.6 Å². The summed E-state index contributed by atoms with van der Waals surface area (Å²) >= 11 is 2.23. The molecule has 0 radical (unpaired) electrons. The Morgan fingerprint density at radius 2 is 1.95 bits per heavy atom. The first-order chi connectivity index (χ1) is 21.4. The fourth-order valence-corrected chi connectivity index (χ4v) is 7.62. The third-order valence-corrected chi connectivity index (χ3v) is 10.2. The van der Waals surface area contributed by atoms with E-state index in [0.717, 1.165) is 83.5 Å². The molecule has 2 heterocycles. The minimum absolute atomic E-state index is 0.0812. The predicted molar refractivity (Wildman–Crippen MR) is 180 cm³/mol. The van der Waals surface area contributed by atoms with E-state index >= 15 is 0 Å². The first kappa shape index (κ1) is 33.6. The summed E-state index contributed by atoms with van der Waals surface area (Å²) in [5.74, 6) is -3.04. The number of halogens is 3. The number of carbonyl (C=O) groups is 1. The average molecular weight is 723 g/mol. The number of aryl methyl sites for hydroxylation is 1. The largest absolute Gasteiger partial charge is 0.349 e. The van der Waals surface area contributed by atoms with Gasteiger partial charge in [-0.3, -0.25) is 18.2 Å². The number of alkyl halides is 2. The summed E-state index contributed by atoms with van der Waals surface area (Å²) in [4.78, 5) is 23.3. The van der Waals surface area contributed by atoms with Gasteiger partial charge in [-0.2, -0.15) is 0 Å². The van der Waals surface area contributed by atoms with Gasteiger partial charge in [0, 0.05) is 93.1 Å². The number of pyridine rings is 1. The van der Waals surface area contributed by atoms with E-state index in [1.807, 2.05) is 24.4 Å². The molecule has 3 N–H and O–H groups in total. The van der Waals surface area contributed by atoms with Gasteiger partial charge in [0.15, 0.2) is 0 Å². The zero-order valence-corrected chi connectivity index (χ0v) is 28.0. The molecule has 3 aliphatic rings. The maximum absolute atomic E-state index is 13.7. The minimum atomic E-state index is -2.63. The van der Waals surface area contributed by atoms with Crippen LogP contribution in [-0.4, -0.2) is 78.5 Å². The number of piperazine rings is 1. The van der Waals surface area contributed by atoms with Crippen molar-refractivity contribution in [1.29, 1.82) is 0 Å². The summed E-state index contributed by atoms with van der Waals surface area (Å²) in [6, 6.07) is 15.0. The number of fused-ring (bicyclic) bond motifs is 1. The van der Waals surface area contributed by atoms with Crippen molar-refractivity contribution in [1.82, 2.24) is 28.9 Å². The molecule has 2 aromatic rings. The molecule has 1 saturated carbocycles. The molecule has 2 fully saturated rings. The zero-order chi connectivity index (χ0) is 30.8. The Labute approximate surface area is 275 Å². The summed E-state index contributed by atoms with van der Waals surface area (Å²) in [5.41, 5.74) is 3.74. The van der Waals surface area contributed by atoms with Gasteiger partial charge in [0.2, 0.25) is 11.8 Å². The third kappa shape index (κ3) is 9.64. The van der Waals surface area contributed by atoms with E-state index in [1.165, 1.54) is 17.7 Å². The quantitative estimate of drug-likeness (QED) is 0.130. The summed E-state index contributed by atoms with van der Waals surface area (Å²) < 4.78 is 30.7. The molecule has 7 nitrogen and oxygen atoms in total. The van der Waals surface area contributed by atoms with Crippen LogP contribution in [0.5, 0.6) is 0 Å². The van der Waals surface area contributed by atoms with Crippen LogP contribution in [-0.2, 0) is 11.2 Å². The molecule has 1 aromatic heterocycles. The van der Waals surface area contributed by atoms with Crippen LogP contribution in [0, 0.1) is 5.92 Å². The Balaban J connectivity index is 1.20. The van der Waals surface area contributed by atoms with Gasteiger partial charge >= 0.3 is 0 Å². The Hall–Kier alpha value is -1.73. The number of rotatable bonds is 14. The van der Waals surface area contributed by atoms with E-state index in [4.69, 9.17) is 4.98 Å². The number of amides is 1. The fraction of sp³-hybridized carbons (Fsp3) is 0.647. The second-order valence-electron chi connectivity index (χ2n) is 12.9. The maximum atomic E-state index is 13.7. The van der Waals surface area contributed by atoms with Gasteiger partial charge < -0.3 is 15.5 Å². The van der Waals surface area contributed by atoms with E-state index < -0.39 is 5.92 Å². The van der Waals surface area contributed by atoms with Crippen LogP contribution in [0.2, 0.25) is 0 Å². The second kappa shape index (κ2) is 16.7. The van der Waals surface area contributed by atoms with Gasteiger partial charge in [0.1, 0.15) is 0 Å². The van der Waals surface area contributed by atoms with Gasteiger partial charge in [-0.05, 0) is 75.1 Å². The molecule has 2 aliphatic carbocycles. The highest BCUT2D eigenvalue weighted by Crippen LogP contribution is 2.37. The minimum Gasteiger partial charge on any atom is -0.349 e. The van der Waals surface area contributed by atoms with Crippen LogP contribution in [0.15, 0.2) is 48.7 Å². The number of hydrogen-bond donors (Lipinski definition) is 3. The molecule has 1 aromatic carbocycles. The SMILES string of the molecule is O=C(N[C@H](CCN1CCN[C@H](CN(CCCCNI)[C@H]2CCCc3cccnc32)C1)c1ccccc1)C1CCC(F)(F)CC1. The van der Waals surface area contributed by atoms with Gasteiger partial charge in [-0.15, -0.1) is 0 Å². The van der Waals surface area contributed by atoms with Crippen LogP contribution in [0.25, 0.3) is 0 Å². The van der Waals surface area contributed by atoms with E-state index in [0.29, 0.717) is 12.1 Å². The first-order valence-corrected chi connectivity index (χ1v) is 17.7. The fourth-order valence-electron chi connectivity index (χ4n) is 7.24. The molecule has 5 rings (SSSR count). The molecule has 242 valence electrons. The van der Waals surface area contributed by atoms with Gasteiger partial charge in [0.25, 0.3) is 0 Å². The highest BCUT2D eigenvalue weighted by atomic mass is 127. The number of unbranched alkanes of at least 4 members (excludes halogenated alkanes) is 1. The van der Waals surface area contributed by atoms with Crippen molar-refractivity contribution in [3.63, 3.8) is 0 Å². The maximum Gasteiger partial charge on any atom is 0.248 e. The smallest absolute Gasteiger partial charge is 0.248 e. The molecule has 3 atom stereocenters. The van der Waals surface area contributed by atoms with Gasteiger partial charge in [-0.25, -0.2) is 8.78 Å². The molecule has 44 heavy (non-hydrogen) atoms. The first-order valence-electron chi connectivity index (χ1n) is 16.6. The summed E-state index contributed by atoms with van der Waals surface area (Å²) in [5, 5.41) is 7.05. The van der Waals surface area contributed by atoms with E-state index in [1.54, 1.807) is 0 Å². The average Bonchev–Trinajstić information content (AvgIpc) is 3.04. The van der Waals surface area contributed by atoms with Crippen molar-refractivity contribution in [2.24, 2.45) is 5.92 Å². The number of nitrogens with one attached hydrogen (secondary N) is 3. The number of aromatic nitrogens is 1. The third-order valence-electron chi connectivity index (χ3n) is 9.71. The highest BCUT2D eigenvalue weighted by molar-refractivity contribution is 14.1. The Morgan fingerprint density at radius 1 is 1.14 bits per heavy atom. The van der Waals surface area contributed by atoms with E-state index in [9.17, 15) is 13.6 Å². The van der Waals surface area contributed by atoms with Gasteiger partial charge in [-0.1, -0.05) is 36.4 Å². The lowest BCUT2D eigenvalue weighted by atomic mass is 9.86. The van der Waals surface area contributed by atoms with Crippen LogP contribution in [0.4, 0.5) is 8.78 Å². The molecule has 1 aliphatic heterocycles.